The fraction of sp³-hybridized carbons (Fsp3) is 0.889. The predicted octanol–water partition coefficient (Wildman–Crippen LogP) is 1.63. The average molecular weight is 208 g/mol. The molecule has 1 fully saturated rings. The molecule has 0 aromatic heterocycles. The molecular weight excluding hydrogens is 190 g/mol. The number of nitrogens with two attached hydrogens (primary N) is 1. The lowest BCUT2D eigenvalue weighted by Crippen LogP contribution is -2.34. The number of esters is 1. The SMILES string of the molecule is CCCCCOC(=O)C1(N)CC1.Cl. The summed E-state index contributed by atoms with van der Waals surface area (Å²) in [5.74, 6) is -0.210. The van der Waals surface area contributed by atoms with Crippen LogP contribution in [0.4, 0.5) is 0 Å². The predicted molar refractivity (Wildman–Crippen MR) is 53.9 cm³/mol. The molecule has 0 aromatic rings. The number of hydrogen-bond donors (Lipinski definition) is 1. The lowest BCUT2D eigenvalue weighted by Gasteiger charge is -2.08. The molecule has 13 heavy (non-hydrogen) atoms. The van der Waals surface area contributed by atoms with Crippen LogP contribution in [0, 0.1) is 0 Å². The molecule has 1 rings (SSSR count). The first-order valence-electron chi connectivity index (χ1n) is 4.65. The number of ether oxygens (including phenoxy) is 1. The van der Waals surface area contributed by atoms with Crippen molar-refractivity contribution in [2.24, 2.45) is 5.73 Å². The first-order valence-corrected chi connectivity index (χ1v) is 4.65. The van der Waals surface area contributed by atoms with Crippen LogP contribution in [0.5, 0.6) is 0 Å². The molecule has 0 spiro atoms. The van der Waals surface area contributed by atoms with Crippen molar-refractivity contribution in [3.8, 4) is 0 Å². The summed E-state index contributed by atoms with van der Waals surface area (Å²) in [5, 5.41) is 0. The quantitative estimate of drug-likeness (QED) is 0.551. The third-order valence-electron chi connectivity index (χ3n) is 2.18. The Morgan fingerprint density at radius 2 is 2.08 bits per heavy atom. The molecule has 0 atom stereocenters. The van der Waals surface area contributed by atoms with Gasteiger partial charge in [0.2, 0.25) is 0 Å². The number of hydrogen-bond acceptors (Lipinski definition) is 3. The Kier molecular flexibility index (Phi) is 5.33. The van der Waals surface area contributed by atoms with Gasteiger partial charge in [0.05, 0.1) is 6.61 Å². The van der Waals surface area contributed by atoms with E-state index >= 15 is 0 Å². The Balaban J connectivity index is 0.00000144. The largest absolute Gasteiger partial charge is 0.464 e. The van der Waals surface area contributed by atoms with E-state index in [1.807, 2.05) is 0 Å². The summed E-state index contributed by atoms with van der Waals surface area (Å²) >= 11 is 0. The zero-order chi connectivity index (χ0) is 9.03. The summed E-state index contributed by atoms with van der Waals surface area (Å²) < 4.78 is 5.01. The molecule has 4 heteroatoms. The zero-order valence-corrected chi connectivity index (χ0v) is 8.86. The summed E-state index contributed by atoms with van der Waals surface area (Å²) in [6.45, 7) is 2.65. The highest BCUT2D eigenvalue weighted by Crippen LogP contribution is 2.33. The van der Waals surface area contributed by atoms with Crippen molar-refractivity contribution in [2.45, 2.75) is 44.6 Å². The molecule has 3 nitrogen and oxygen atoms in total. The molecule has 0 radical (unpaired) electrons. The molecule has 1 saturated carbocycles. The van der Waals surface area contributed by atoms with Crippen LogP contribution in [0.25, 0.3) is 0 Å². The fourth-order valence-corrected chi connectivity index (χ4v) is 0.999. The van der Waals surface area contributed by atoms with Gasteiger partial charge in [-0.25, -0.2) is 0 Å². The van der Waals surface area contributed by atoms with Crippen LogP contribution in [0.1, 0.15) is 39.0 Å². The van der Waals surface area contributed by atoms with Crippen molar-refractivity contribution < 1.29 is 9.53 Å². The molecule has 0 heterocycles. The smallest absolute Gasteiger partial charge is 0.326 e. The summed E-state index contributed by atoms with van der Waals surface area (Å²) in [6, 6.07) is 0. The summed E-state index contributed by atoms with van der Waals surface area (Å²) in [4.78, 5) is 11.1. The van der Waals surface area contributed by atoms with E-state index in [2.05, 4.69) is 6.92 Å². The molecule has 1 aliphatic carbocycles. The highest BCUT2D eigenvalue weighted by atomic mass is 35.5. The molecule has 2 N–H and O–H groups in total. The summed E-state index contributed by atoms with van der Waals surface area (Å²) in [6.07, 6.45) is 4.80. The fourth-order valence-electron chi connectivity index (χ4n) is 0.999. The maximum atomic E-state index is 11.1. The van der Waals surface area contributed by atoms with Crippen molar-refractivity contribution in [1.29, 1.82) is 0 Å². The molecule has 1 aliphatic rings. The molecule has 0 unspecified atom stereocenters. The highest BCUT2D eigenvalue weighted by Gasteiger charge is 2.47. The van der Waals surface area contributed by atoms with E-state index in [9.17, 15) is 4.79 Å². The maximum Gasteiger partial charge on any atom is 0.326 e. The van der Waals surface area contributed by atoms with Crippen molar-refractivity contribution >= 4 is 18.4 Å². The summed E-state index contributed by atoms with van der Waals surface area (Å²) in [5.41, 5.74) is 5.03. The van der Waals surface area contributed by atoms with Gasteiger partial charge < -0.3 is 10.5 Å². The molecule has 0 amide bonds. The number of carbonyl (C=O) groups is 1. The molecule has 0 saturated heterocycles. The lowest BCUT2D eigenvalue weighted by molar-refractivity contribution is -0.146. The highest BCUT2D eigenvalue weighted by molar-refractivity contribution is 5.85. The molecule has 0 aliphatic heterocycles. The molecule has 0 bridgehead atoms. The summed E-state index contributed by atoms with van der Waals surface area (Å²) in [7, 11) is 0. The number of unbranched alkanes of at least 4 members (excludes halogenated alkanes) is 2. The van der Waals surface area contributed by atoms with Gasteiger partial charge in [0.25, 0.3) is 0 Å². The van der Waals surface area contributed by atoms with E-state index in [4.69, 9.17) is 10.5 Å². The molecule has 78 valence electrons. The first kappa shape index (κ1) is 12.7. The van der Waals surface area contributed by atoms with Crippen molar-refractivity contribution in [1.82, 2.24) is 0 Å². The van der Waals surface area contributed by atoms with Crippen LogP contribution < -0.4 is 5.73 Å². The van der Waals surface area contributed by atoms with Crippen molar-refractivity contribution in [3.05, 3.63) is 0 Å². The minimum absolute atomic E-state index is 0. The molecule has 0 aromatic carbocycles. The van der Waals surface area contributed by atoms with Gasteiger partial charge in [-0.2, -0.15) is 0 Å². The van der Waals surface area contributed by atoms with Crippen LogP contribution in [0.15, 0.2) is 0 Å². The minimum atomic E-state index is -0.605. The number of carbonyl (C=O) groups excluding carboxylic acids is 1. The van der Waals surface area contributed by atoms with E-state index in [1.165, 1.54) is 0 Å². The van der Waals surface area contributed by atoms with Crippen LogP contribution in [0.3, 0.4) is 0 Å². The van der Waals surface area contributed by atoms with Gasteiger partial charge in [0.15, 0.2) is 0 Å². The van der Waals surface area contributed by atoms with Crippen molar-refractivity contribution in [2.75, 3.05) is 6.61 Å². The third-order valence-corrected chi connectivity index (χ3v) is 2.18. The van der Waals surface area contributed by atoms with E-state index in [-0.39, 0.29) is 18.4 Å². The standard InChI is InChI=1S/C9H17NO2.ClH/c1-2-3-4-7-12-8(11)9(10)5-6-9;/h2-7,10H2,1H3;1H. The van der Waals surface area contributed by atoms with E-state index in [1.54, 1.807) is 0 Å². The Labute approximate surface area is 85.4 Å². The second-order valence-electron chi connectivity index (χ2n) is 3.50. The van der Waals surface area contributed by atoms with Crippen LogP contribution in [0.2, 0.25) is 0 Å². The van der Waals surface area contributed by atoms with Gasteiger partial charge in [-0.15, -0.1) is 12.4 Å². The third kappa shape index (κ3) is 3.96. The van der Waals surface area contributed by atoms with Crippen LogP contribution in [-0.2, 0) is 9.53 Å². The molecular formula is C9H18ClNO2. The maximum absolute atomic E-state index is 11.1. The Morgan fingerprint density at radius 1 is 1.46 bits per heavy atom. The monoisotopic (exact) mass is 207 g/mol. The Hall–Kier alpha value is -0.280. The minimum Gasteiger partial charge on any atom is -0.464 e. The van der Waals surface area contributed by atoms with Gasteiger partial charge in [-0.05, 0) is 19.3 Å². The van der Waals surface area contributed by atoms with Crippen LogP contribution >= 0.6 is 12.4 Å². The topological polar surface area (TPSA) is 52.3 Å². The Morgan fingerprint density at radius 3 is 2.54 bits per heavy atom. The van der Waals surface area contributed by atoms with E-state index in [0.29, 0.717) is 6.61 Å². The Bertz CT molecular complexity index is 169. The average Bonchev–Trinajstić information content (AvgIpc) is 2.78. The zero-order valence-electron chi connectivity index (χ0n) is 8.04. The van der Waals surface area contributed by atoms with Gasteiger partial charge in [0, 0.05) is 0 Å². The van der Waals surface area contributed by atoms with Gasteiger partial charge in [0.1, 0.15) is 5.54 Å². The number of rotatable bonds is 5. The lowest BCUT2D eigenvalue weighted by atomic mass is 10.2. The number of halogens is 1. The van der Waals surface area contributed by atoms with E-state index in [0.717, 1.165) is 32.1 Å². The van der Waals surface area contributed by atoms with Gasteiger partial charge in [-0.1, -0.05) is 19.8 Å². The van der Waals surface area contributed by atoms with Crippen LogP contribution in [-0.4, -0.2) is 18.1 Å². The second kappa shape index (κ2) is 5.45. The normalized spacial score (nSPS) is 17.4. The second-order valence-corrected chi connectivity index (χ2v) is 3.50. The van der Waals surface area contributed by atoms with Gasteiger partial charge in [-0.3, -0.25) is 4.79 Å². The van der Waals surface area contributed by atoms with Crippen molar-refractivity contribution in [3.63, 3.8) is 0 Å². The van der Waals surface area contributed by atoms with E-state index < -0.39 is 5.54 Å². The van der Waals surface area contributed by atoms with Gasteiger partial charge >= 0.3 is 5.97 Å². The first-order chi connectivity index (χ1) is 5.69.